The standard InChI is InChI=1S/C14H14N4O4/c1-6-5-8-10(16-13(21-4)12(15-8)20-3)9(7(6)2)11-17-14(19)22-18-11/h5H,1-4H3,(H,17,18,19). The van der Waals surface area contributed by atoms with E-state index in [2.05, 4.69) is 24.6 Å². The lowest BCUT2D eigenvalue weighted by molar-refractivity contribution is 0.334. The SMILES string of the molecule is COc1nc2cc(C)c(C)c(-c3noc(=O)[nH]3)c2nc1OC. The average molecular weight is 302 g/mol. The van der Waals surface area contributed by atoms with Crippen molar-refractivity contribution in [3.63, 3.8) is 0 Å². The van der Waals surface area contributed by atoms with Gasteiger partial charge in [0.05, 0.1) is 25.3 Å². The number of aryl methyl sites for hydroxylation is 1. The van der Waals surface area contributed by atoms with E-state index >= 15 is 0 Å². The van der Waals surface area contributed by atoms with Crippen LogP contribution in [0.25, 0.3) is 22.4 Å². The van der Waals surface area contributed by atoms with Gasteiger partial charge in [-0.1, -0.05) is 5.16 Å². The largest absolute Gasteiger partial charge is 0.477 e. The number of benzene rings is 1. The van der Waals surface area contributed by atoms with E-state index in [-0.39, 0.29) is 11.8 Å². The Balaban J connectivity index is 2.43. The fourth-order valence-corrected chi connectivity index (χ4v) is 2.28. The molecule has 0 aliphatic rings. The lowest BCUT2D eigenvalue weighted by Crippen LogP contribution is -2.02. The van der Waals surface area contributed by atoms with Crippen molar-refractivity contribution >= 4 is 11.0 Å². The fraction of sp³-hybridized carbons (Fsp3) is 0.286. The van der Waals surface area contributed by atoms with E-state index in [9.17, 15) is 4.79 Å². The number of hydrogen-bond donors (Lipinski definition) is 1. The Morgan fingerprint density at radius 1 is 1.14 bits per heavy atom. The summed E-state index contributed by atoms with van der Waals surface area (Å²) in [5, 5.41) is 3.75. The minimum atomic E-state index is -0.627. The topological polar surface area (TPSA) is 103 Å². The third kappa shape index (κ3) is 2.09. The van der Waals surface area contributed by atoms with Crippen LogP contribution in [0.1, 0.15) is 11.1 Å². The van der Waals surface area contributed by atoms with Gasteiger partial charge in [-0.2, -0.15) is 0 Å². The van der Waals surface area contributed by atoms with E-state index in [4.69, 9.17) is 9.47 Å². The molecule has 114 valence electrons. The van der Waals surface area contributed by atoms with Crippen molar-refractivity contribution in [3.05, 3.63) is 27.7 Å². The second-order valence-corrected chi connectivity index (χ2v) is 4.75. The first-order valence-corrected chi connectivity index (χ1v) is 6.51. The van der Waals surface area contributed by atoms with Gasteiger partial charge < -0.3 is 9.47 Å². The molecule has 0 spiro atoms. The Morgan fingerprint density at radius 2 is 1.82 bits per heavy atom. The Hall–Kier alpha value is -2.90. The molecule has 8 heteroatoms. The normalized spacial score (nSPS) is 10.9. The smallest absolute Gasteiger partial charge is 0.439 e. The molecule has 0 unspecified atom stereocenters. The highest BCUT2D eigenvalue weighted by Gasteiger charge is 2.19. The van der Waals surface area contributed by atoms with Crippen LogP contribution in [0.15, 0.2) is 15.4 Å². The zero-order valence-electron chi connectivity index (χ0n) is 12.6. The lowest BCUT2D eigenvalue weighted by atomic mass is 10.0. The van der Waals surface area contributed by atoms with E-state index in [1.807, 2.05) is 19.9 Å². The van der Waals surface area contributed by atoms with Gasteiger partial charge in [0.1, 0.15) is 5.52 Å². The van der Waals surface area contributed by atoms with E-state index in [1.165, 1.54) is 14.2 Å². The second kappa shape index (κ2) is 5.14. The van der Waals surface area contributed by atoms with Crippen LogP contribution in [0.3, 0.4) is 0 Å². The van der Waals surface area contributed by atoms with E-state index in [0.29, 0.717) is 22.4 Å². The minimum Gasteiger partial charge on any atom is -0.477 e. The molecule has 0 atom stereocenters. The van der Waals surface area contributed by atoms with Crippen molar-refractivity contribution < 1.29 is 14.0 Å². The zero-order valence-corrected chi connectivity index (χ0v) is 12.6. The number of ether oxygens (including phenoxy) is 2. The molecule has 0 radical (unpaired) electrons. The first kappa shape index (κ1) is 14.1. The number of nitrogens with one attached hydrogen (secondary N) is 1. The predicted octanol–water partition coefficient (Wildman–Crippen LogP) is 1.61. The molecule has 0 aliphatic heterocycles. The number of hydrogen-bond acceptors (Lipinski definition) is 7. The molecule has 2 heterocycles. The lowest BCUT2D eigenvalue weighted by Gasteiger charge is -2.12. The van der Waals surface area contributed by atoms with Crippen molar-refractivity contribution in [2.75, 3.05) is 14.2 Å². The maximum atomic E-state index is 11.3. The number of methoxy groups -OCH3 is 2. The van der Waals surface area contributed by atoms with Crippen LogP contribution in [0.4, 0.5) is 0 Å². The Labute approximate surface area is 125 Å². The summed E-state index contributed by atoms with van der Waals surface area (Å²) in [6.45, 7) is 3.85. The molecule has 1 aromatic carbocycles. The number of H-pyrrole nitrogens is 1. The molecule has 0 saturated heterocycles. The number of aromatic nitrogens is 4. The van der Waals surface area contributed by atoms with Gasteiger partial charge in [0.2, 0.25) is 0 Å². The summed E-state index contributed by atoms with van der Waals surface area (Å²) < 4.78 is 15.0. The van der Waals surface area contributed by atoms with Crippen molar-refractivity contribution in [1.29, 1.82) is 0 Å². The summed E-state index contributed by atoms with van der Waals surface area (Å²) in [5.74, 6) is 0.221. The van der Waals surface area contributed by atoms with Crippen LogP contribution in [-0.4, -0.2) is 34.3 Å². The molecular weight excluding hydrogens is 288 g/mol. The fourth-order valence-electron chi connectivity index (χ4n) is 2.28. The molecule has 0 aliphatic carbocycles. The van der Waals surface area contributed by atoms with Crippen LogP contribution in [0, 0.1) is 13.8 Å². The third-order valence-corrected chi connectivity index (χ3v) is 3.48. The summed E-state index contributed by atoms with van der Waals surface area (Å²) in [6, 6.07) is 1.89. The molecule has 22 heavy (non-hydrogen) atoms. The zero-order chi connectivity index (χ0) is 15.9. The number of nitrogens with zero attached hydrogens (tertiary/aromatic N) is 3. The monoisotopic (exact) mass is 302 g/mol. The Bertz CT molecular complexity index is 913. The van der Waals surface area contributed by atoms with Gasteiger partial charge in [-0.05, 0) is 31.0 Å². The average Bonchev–Trinajstić information content (AvgIpc) is 2.93. The highest BCUT2D eigenvalue weighted by Crippen LogP contribution is 2.33. The summed E-state index contributed by atoms with van der Waals surface area (Å²) in [7, 11) is 2.98. The summed E-state index contributed by atoms with van der Waals surface area (Å²) in [6.07, 6.45) is 0. The predicted molar refractivity (Wildman–Crippen MR) is 78.2 cm³/mol. The number of fused-ring (bicyclic) bond motifs is 1. The molecule has 0 fully saturated rings. The van der Waals surface area contributed by atoms with Crippen molar-refractivity contribution in [1.82, 2.24) is 20.1 Å². The van der Waals surface area contributed by atoms with Gasteiger partial charge in [0.15, 0.2) is 5.82 Å². The Kier molecular flexibility index (Phi) is 3.28. The molecule has 3 rings (SSSR count). The molecule has 2 aromatic heterocycles. The van der Waals surface area contributed by atoms with Crippen molar-refractivity contribution in [2.45, 2.75) is 13.8 Å². The van der Waals surface area contributed by atoms with Gasteiger partial charge in [-0.3, -0.25) is 9.51 Å². The Morgan fingerprint density at radius 3 is 2.41 bits per heavy atom. The summed E-state index contributed by atoms with van der Waals surface area (Å²) >= 11 is 0. The van der Waals surface area contributed by atoms with Gasteiger partial charge in [-0.25, -0.2) is 14.8 Å². The molecule has 0 saturated carbocycles. The molecule has 0 bridgehead atoms. The maximum absolute atomic E-state index is 11.3. The van der Waals surface area contributed by atoms with Gasteiger partial charge in [0.25, 0.3) is 11.8 Å². The van der Waals surface area contributed by atoms with Gasteiger partial charge in [0, 0.05) is 0 Å². The number of rotatable bonds is 3. The van der Waals surface area contributed by atoms with E-state index in [1.54, 1.807) is 0 Å². The van der Waals surface area contributed by atoms with Crippen molar-refractivity contribution in [3.8, 4) is 23.1 Å². The quantitative estimate of drug-likeness (QED) is 0.783. The van der Waals surface area contributed by atoms with Crippen LogP contribution >= 0.6 is 0 Å². The minimum absolute atomic E-state index is 0.255. The molecule has 1 N–H and O–H groups in total. The second-order valence-electron chi connectivity index (χ2n) is 4.75. The molecule has 3 aromatic rings. The first-order valence-electron chi connectivity index (χ1n) is 6.51. The van der Waals surface area contributed by atoms with E-state index < -0.39 is 5.76 Å². The molecular formula is C14H14N4O4. The maximum Gasteiger partial charge on any atom is 0.439 e. The first-order chi connectivity index (χ1) is 10.5. The molecule has 8 nitrogen and oxygen atoms in total. The van der Waals surface area contributed by atoms with Gasteiger partial charge >= 0.3 is 5.76 Å². The van der Waals surface area contributed by atoms with E-state index in [0.717, 1.165) is 11.1 Å². The number of aromatic amines is 1. The highest BCUT2D eigenvalue weighted by molar-refractivity contribution is 5.93. The van der Waals surface area contributed by atoms with Crippen LogP contribution in [0.2, 0.25) is 0 Å². The third-order valence-electron chi connectivity index (χ3n) is 3.48. The van der Waals surface area contributed by atoms with Gasteiger partial charge in [-0.15, -0.1) is 0 Å². The van der Waals surface area contributed by atoms with Crippen LogP contribution in [0.5, 0.6) is 11.8 Å². The summed E-state index contributed by atoms with van der Waals surface area (Å²) in [4.78, 5) is 22.6. The highest BCUT2D eigenvalue weighted by atomic mass is 16.5. The molecule has 0 amide bonds. The van der Waals surface area contributed by atoms with Crippen LogP contribution in [-0.2, 0) is 0 Å². The van der Waals surface area contributed by atoms with Crippen LogP contribution < -0.4 is 15.2 Å². The summed E-state index contributed by atoms with van der Waals surface area (Å²) in [5.41, 5.74) is 3.70. The van der Waals surface area contributed by atoms with Crippen molar-refractivity contribution in [2.24, 2.45) is 0 Å².